The van der Waals surface area contributed by atoms with Gasteiger partial charge in [0.05, 0.1) is 22.1 Å². The molecule has 2 aliphatic rings. The maximum absolute atomic E-state index is 5.74. The van der Waals surface area contributed by atoms with Crippen molar-refractivity contribution in [2.24, 2.45) is 0 Å². The fraction of sp³-hybridized carbons (Fsp3) is 0.0800. The Kier molecular flexibility index (Phi) is 9.96. The van der Waals surface area contributed by atoms with Crippen LogP contribution in [-0.4, -0.2) is 24.1 Å². The third kappa shape index (κ3) is 6.80. The second-order valence-electron chi connectivity index (χ2n) is 22.8. The number of rotatable bonds is 7. The molecule has 0 saturated heterocycles. The molecule has 0 fully saturated rings. The highest BCUT2D eigenvalue weighted by molar-refractivity contribution is 6.11. The van der Waals surface area contributed by atoms with Gasteiger partial charge >= 0.3 is 0 Å². The van der Waals surface area contributed by atoms with Crippen LogP contribution in [0, 0.1) is 0 Å². The minimum absolute atomic E-state index is 0.133. The normalized spacial score (nSPS) is 13.7. The molecule has 2 aliphatic carbocycles. The summed E-state index contributed by atoms with van der Waals surface area (Å²) in [6, 6.07) is 90.7. The van der Waals surface area contributed by atoms with Crippen LogP contribution in [0.15, 0.2) is 249 Å². The highest BCUT2D eigenvalue weighted by Gasteiger charge is 2.37. The van der Waals surface area contributed by atoms with Gasteiger partial charge in [-0.15, -0.1) is 0 Å². The predicted octanol–water partition coefficient (Wildman–Crippen LogP) is 19.0. The van der Waals surface area contributed by atoms with Crippen molar-refractivity contribution < 1.29 is 0 Å². The maximum atomic E-state index is 5.74. The van der Waals surface area contributed by atoms with E-state index in [0.717, 1.165) is 82.6 Å². The molecule has 0 aliphatic heterocycles. The molecule has 0 spiro atoms. The van der Waals surface area contributed by atoms with Crippen LogP contribution in [0.1, 0.15) is 49.9 Å². The summed E-state index contributed by atoms with van der Waals surface area (Å²) in [7, 11) is 0. The number of para-hydroxylation sites is 2. The van der Waals surface area contributed by atoms with E-state index in [9.17, 15) is 0 Å². The Morgan fingerprint density at radius 1 is 0.263 bits per heavy atom. The van der Waals surface area contributed by atoms with Gasteiger partial charge in [0, 0.05) is 37.9 Å². The maximum Gasteiger partial charge on any atom is 0.240 e. The van der Waals surface area contributed by atoms with Gasteiger partial charge in [-0.25, -0.2) is 0 Å². The van der Waals surface area contributed by atoms with E-state index in [0.29, 0.717) is 17.7 Å². The summed E-state index contributed by atoms with van der Waals surface area (Å²) >= 11 is 0. The van der Waals surface area contributed by atoms with Gasteiger partial charge in [-0.2, -0.15) is 15.0 Å². The fourth-order valence-corrected chi connectivity index (χ4v) is 13.7. The monoisotopic (exact) mass is 1020 g/mol. The van der Waals surface area contributed by atoms with E-state index in [2.05, 4.69) is 286 Å². The van der Waals surface area contributed by atoms with Crippen molar-refractivity contribution in [2.75, 3.05) is 0 Å². The highest BCUT2D eigenvalue weighted by Crippen LogP contribution is 2.52. The summed E-state index contributed by atoms with van der Waals surface area (Å²) in [6.07, 6.45) is 0. The Morgan fingerprint density at radius 2 is 0.625 bits per heavy atom. The van der Waals surface area contributed by atoms with Crippen LogP contribution in [0.2, 0.25) is 0 Å². The Morgan fingerprint density at radius 3 is 1.10 bits per heavy atom. The van der Waals surface area contributed by atoms with E-state index < -0.39 is 0 Å². The lowest BCUT2D eigenvalue weighted by molar-refractivity contribution is 0.660. The van der Waals surface area contributed by atoms with Crippen LogP contribution in [0.25, 0.3) is 134 Å². The van der Waals surface area contributed by atoms with Crippen molar-refractivity contribution >= 4 is 43.6 Å². The summed E-state index contributed by atoms with van der Waals surface area (Å²) in [5.74, 6) is 1.64. The highest BCUT2D eigenvalue weighted by atomic mass is 15.3. The number of hydrogen-bond acceptors (Lipinski definition) is 3. The molecule has 0 saturated carbocycles. The number of aromatic nitrogens is 5. The van der Waals surface area contributed by atoms with Gasteiger partial charge in [0.2, 0.25) is 11.9 Å². The van der Waals surface area contributed by atoms with Crippen LogP contribution in [0.4, 0.5) is 0 Å². The molecule has 11 aromatic carbocycles. The Hall–Kier alpha value is -9.97. The second kappa shape index (κ2) is 17.3. The summed E-state index contributed by atoms with van der Waals surface area (Å²) in [4.78, 5) is 17.2. The van der Waals surface area contributed by atoms with Crippen molar-refractivity contribution in [2.45, 2.75) is 38.5 Å². The van der Waals surface area contributed by atoms with Gasteiger partial charge in [-0.1, -0.05) is 240 Å². The largest absolute Gasteiger partial charge is 0.278 e. The van der Waals surface area contributed by atoms with E-state index in [-0.39, 0.29) is 10.8 Å². The van der Waals surface area contributed by atoms with Crippen molar-refractivity contribution in [3.8, 4) is 90.0 Å². The van der Waals surface area contributed by atoms with Crippen molar-refractivity contribution in [1.29, 1.82) is 0 Å². The standard InChI is InChI=1S/C75H53N5/c1-74(2)62-30-15-11-24-54(62)56-38-34-48(42-64(56)74)50-36-40-60-58-26-13-17-32-66(58)79(68(60)44-50)72-76-71(70-52(46-20-7-5-8-21-46)28-19-29-53(70)47-22-9-6-10-23-47)77-73(78-72)80-67-33-18-14-27-59(67)61-41-37-51(45-69(61)80)49-35-39-57-55-25-12-16-31-63(55)75(3,4)65(57)43-49/h5-45H,1-4H3. The molecule has 0 atom stereocenters. The Labute approximate surface area is 464 Å². The third-order valence-electron chi connectivity index (χ3n) is 17.7. The first-order valence-corrected chi connectivity index (χ1v) is 27.8. The second-order valence-corrected chi connectivity index (χ2v) is 22.8. The van der Waals surface area contributed by atoms with Gasteiger partial charge in [0.15, 0.2) is 5.82 Å². The van der Waals surface area contributed by atoms with Gasteiger partial charge in [-0.3, -0.25) is 9.13 Å². The van der Waals surface area contributed by atoms with Crippen LogP contribution < -0.4 is 0 Å². The molecule has 0 bridgehead atoms. The number of fused-ring (bicyclic) bond motifs is 12. The Bertz CT molecular complexity index is 4580. The van der Waals surface area contributed by atoms with Crippen molar-refractivity contribution in [1.82, 2.24) is 24.1 Å². The zero-order valence-corrected chi connectivity index (χ0v) is 44.9. The predicted molar refractivity (Wildman–Crippen MR) is 331 cm³/mol. The molecule has 16 rings (SSSR count). The first kappa shape index (κ1) is 46.2. The molecule has 378 valence electrons. The molecular weight excluding hydrogens is 971 g/mol. The van der Waals surface area contributed by atoms with E-state index in [4.69, 9.17) is 15.0 Å². The number of benzene rings is 11. The van der Waals surface area contributed by atoms with Gasteiger partial charge in [-0.05, 0) is 125 Å². The molecule has 5 heteroatoms. The lowest BCUT2D eigenvalue weighted by atomic mass is 9.81. The average molecular weight is 1020 g/mol. The van der Waals surface area contributed by atoms with Crippen LogP contribution in [0.5, 0.6) is 0 Å². The molecule has 3 aromatic heterocycles. The summed E-state index contributed by atoms with van der Waals surface area (Å²) in [5.41, 5.74) is 24.2. The topological polar surface area (TPSA) is 48.5 Å². The van der Waals surface area contributed by atoms with E-state index in [1.807, 2.05) is 0 Å². The molecule has 3 heterocycles. The zero-order valence-electron chi connectivity index (χ0n) is 44.9. The van der Waals surface area contributed by atoms with Crippen LogP contribution in [-0.2, 0) is 10.8 Å². The SMILES string of the molecule is CC1(C)c2ccccc2-c2ccc(-c3ccc4c5ccccc5n(-c5nc(-c6c(-c7ccccc7)cccc6-c6ccccc6)nc(-n6c7ccccc7c7ccc(-c8ccc9c(c8)C(C)(C)c8ccccc8-9)cc76)n5)c4c3)cc21. The van der Waals surface area contributed by atoms with Crippen LogP contribution in [0.3, 0.4) is 0 Å². The summed E-state index contributed by atoms with van der Waals surface area (Å²) in [6.45, 7) is 9.40. The molecule has 80 heavy (non-hydrogen) atoms. The third-order valence-corrected chi connectivity index (χ3v) is 17.7. The van der Waals surface area contributed by atoms with Gasteiger partial charge in [0.25, 0.3) is 0 Å². The molecule has 14 aromatic rings. The molecule has 5 nitrogen and oxygen atoms in total. The smallest absolute Gasteiger partial charge is 0.240 e. The number of nitrogens with zero attached hydrogens (tertiary/aromatic N) is 5. The Balaban J connectivity index is 0.966. The minimum Gasteiger partial charge on any atom is -0.278 e. The van der Waals surface area contributed by atoms with E-state index >= 15 is 0 Å². The average Bonchev–Trinajstić information content (AvgIpc) is 4.21. The van der Waals surface area contributed by atoms with Crippen molar-refractivity contribution in [3.63, 3.8) is 0 Å². The minimum atomic E-state index is -0.133. The molecule has 0 N–H and O–H groups in total. The van der Waals surface area contributed by atoms with E-state index in [1.165, 1.54) is 55.6 Å². The summed E-state index contributed by atoms with van der Waals surface area (Å²) in [5, 5.41) is 4.50. The van der Waals surface area contributed by atoms with Gasteiger partial charge < -0.3 is 0 Å². The molecule has 0 unspecified atom stereocenters. The molecule has 0 radical (unpaired) electrons. The first-order chi connectivity index (χ1) is 39.2. The quantitative estimate of drug-likeness (QED) is 0.160. The molecule has 0 amide bonds. The van der Waals surface area contributed by atoms with Crippen molar-refractivity contribution in [3.05, 3.63) is 271 Å². The fourth-order valence-electron chi connectivity index (χ4n) is 13.7. The van der Waals surface area contributed by atoms with E-state index in [1.54, 1.807) is 0 Å². The molecular formula is C75H53N5. The zero-order chi connectivity index (χ0) is 53.4. The number of hydrogen-bond donors (Lipinski definition) is 0. The van der Waals surface area contributed by atoms with Gasteiger partial charge in [0.1, 0.15) is 0 Å². The first-order valence-electron chi connectivity index (χ1n) is 27.8. The lowest BCUT2D eigenvalue weighted by Crippen LogP contribution is -2.14. The lowest BCUT2D eigenvalue weighted by Gasteiger charge is -2.22. The van der Waals surface area contributed by atoms with Crippen LogP contribution >= 0.6 is 0 Å². The summed E-state index contributed by atoms with van der Waals surface area (Å²) < 4.78 is 4.54.